The Morgan fingerprint density at radius 1 is 1.35 bits per heavy atom. The van der Waals surface area contributed by atoms with Gasteiger partial charge in [0.1, 0.15) is 0 Å². The molecule has 0 saturated heterocycles. The minimum absolute atomic E-state index is 0.0244. The van der Waals surface area contributed by atoms with Crippen LogP contribution in [0.5, 0.6) is 0 Å². The highest BCUT2D eigenvalue weighted by Crippen LogP contribution is 2.27. The van der Waals surface area contributed by atoms with E-state index in [1.54, 1.807) is 0 Å². The summed E-state index contributed by atoms with van der Waals surface area (Å²) in [5, 5.41) is 8.58. The Kier molecular flexibility index (Phi) is 4.31. The third-order valence-electron chi connectivity index (χ3n) is 3.10. The van der Waals surface area contributed by atoms with Gasteiger partial charge in [-0.3, -0.25) is 0 Å². The summed E-state index contributed by atoms with van der Waals surface area (Å²) in [4.78, 5) is 0. The molecule has 2 N–H and O–H groups in total. The zero-order valence-corrected chi connectivity index (χ0v) is 11.2. The van der Waals surface area contributed by atoms with E-state index < -0.39 is 0 Å². The van der Waals surface area contributed by atoms with E-state index in [1.165, 1.54) is 11.1 Å². The normalized spacial score (nSPS) is 13.2. The Hall–Kier alpha value is -1.33. The van der Waals surface area contributed by atoms with Crippen LogP contribution in [-0.2, 0) is 5.41 Å². The lowest BCUT2D eigenvalue weighted by Gasteiger charge is -2.22. The van der Waals surface area contributed by atoms with Crippen molar-refractivity contribution in [1.82, 2.24) is 0 Å². The van der Waals surface area contributed by atoms with Crippen molar-refractivity contribution in [3.05, 3.63) is 34.9 Å². The average molecular weight is 230 g/mol. The Morgan fingerprint density at radius 2 is 2.00 bits per heavy atom. The zero-order chi connectivity index (χ0) is 13.1. The molecule has 1 unspecified atom stereocenters. The summed E-state index contributed by atoms with van der Waals surface area (Å²) < 4.78 is 0. The Balaban J connectivity index is 2.94. The Labute approximate surface area is 104 Å². The van der Waals surface area contributed by atoms with Crippen LogP contribution in [0.15, 0.2) is 18.2 Å². The molecule has 1 rings (SSSR count). The molecule has 0 saturated carbocycles. The van der Waals surface area contributed by atoms with Gasteiger partial charge in [0.15, 0.2) is 0 Å². The van der Waals surface area contributed by atoms with Gasteiger partial charge in [0.25, 0.3) is 0 Å². The van der Waals surface area contributed by atoms with Crippen LogP contribution < -0.4 is 5.73 Å². The molecule has 1 aromatic rings. The van der Waals surface area contributed by atoms with E-state index in [0.29, 0.717) is 6.42 Å². The third-order valence-corrected chi connectivity index (χ3v) is 3.10. The van der Waals surface area contributed by atoms with Crippen LogP contribution in [-0.4, -0.2) is 0 Å². The molecule has 0 aliphatic rings. The number of nitrogens with two attached hydrogens (primary N) is 1. The zero-order valence-electron chi connectivity index (χ0n) is 11.2. The summed E-state index contributed by atoms with van der Waals surface area (Å²) in [7, 11) is 0. The second-order valence-corrected chi connectivity index (χ2v) is 5.62. The fourth-order valence-electron chi connectivity index (χ4n) is 1.93. The highest BCUT2D eigenvalue weighted by molar-refractivity contribution is 5.36. The summed E-state index contributed by atoms with van der Waals surface area (Å²) in [6.45, 7) is 8.71. The molecule has 92 valence electrons. The van der Waals surface area contributed by atoms with Crippen molar-refractivity contribution < 1.29 is 0 Å². The topological polar surface area (TPSA) is 49.8 Å². The minimum atomic E-state index is -0.0244. The molecule has 1 atom stereocenters. The summed E-state index contributed by atoms with van der Waals surface area (Å²) in [5.41, 5.74) is 9.97. The Bertz CT molecular complexity index is 422. The van der Waals surface area contributed by atoms with Gasteiger partial charge in [-0.2, -0.15) is 5.26 Å². The Morgan fingerprint density at radius 3 is 2.47 bits per heavy atom. The number of nitrogens with zero attached hydrogens (tertiary/aromatic N) is 1. The molecule has 0 aliphatic heterocycles. The van der Waals surface area contributed by atoms with Crippen molar-refractivity contribution in [1.29, 1.82) is 5.26 Å². The van der Waals surface area contributed by atoms with Crippen LogP contribution in [0.2, 0.25) is 0 Å². The number of hydrogen-bond donors (Lipinski definition) is 1. The van der Waals surface area contributed by atoms with E-state index in [9.17, 15) is 0 Å². The predicted molar refractivity (Wildman–Crippen MR) is 71.7 cm³/mol. The maximum absolute atomic E-state index is 8.58. The number of hydrogen-bond acceptors (Lipinski definition) is 2. The van der Waals surface area contributed by atoms with Gasteiger partial charge in [-0.25, -0.2) is 0 Å². The standard InChI is InChI=1S/C15H22N2/c1-11-10-12(15(2,3)4)7-8-13(11)14(17)6-5-9-16/h7-8,10,14H,5-6,17H2,1-4H3. The molecule has 0 fully saturated rings. The second kappa shape index (κ2) is 5.33. The molecular weight excluding hydrogens is 208 g/mol. The first-order chi connectivity index (χ1) is 7.86. The van der Waals surface area contributed by atoms with E-state index >= 15 is 0 Å². The molecule has 0 aliphatic carbocycles. The maximum Gasteiger partial charge on any atom is 0.0622 e. The number of benzene rings is 1. The van der Waals surface area contributed by atoms with Gasteiger partial charge in [0.2, 0.25) is 0 Å². The van der Waals surface area contributed by atoms with Crippen LogP contribution in [0.1, 0.15) is 56.3 Å². The molecule has 0 bridgehead atoms. The lowest BCUT2D eigenvalue weighted by atomic mass is 9.84. The summed E-state index contributed by atoms with van der Waals surface area (Å²) in [5.74, 6) is 0. The van der Waals surface area contributed by atoms with Crippen molar-refractivity contribution in [3.8, 4) is 6.07 Å². The number of nitriles is 1. The van der Waals surface area contributed by atoms with Gasteiger partial charge in [0.05, 0.1) is 6.07 Å². The summed E-state index contributed by atoms with van der Waals surface area (Å²) >= 11 is 0. The van der Waals surface area contributed by atoms with Gasteiger partial charge >= 0.3 is 0 Å². The lowest BCUT2D eigenvalue weighted by Crippen LogP contribution is -2.15. The van der Waals surface area contributed by atoms with Crippen molar-refractivity contribution in [2.24, 2.45) is 5.73 Å². The average Bonchev–Trinajstić information content (AvgIpc) is 2.24. The molecule has 2 heteroatoms. The van der Waals surface area contributed by atoms with Gasteiger partial charge in [-0.1, -0.05) is 39.0 Å². The SMILES string of the molecule is Cc1cc(C(C)(C)C)ccc1C(N)CCC#N. The van der Waals surface area contributed by atoms with Gasteiger partial charge in [-0.05, 0) is 35.4 Å². The van der Waals surface area contributed by atoms with E-state index in [2.05, 4.69) is 52.0 Å². The van der Waals surface area contributed by atoms with E-state index in [-0.39, 0.29) is 11.5 Å². The summed E-state index contributed by atoms with van der Waals surface area (Å²) in [6, 6.07) is 8.59. The molecule has 0 heterocycles. The molecule has 0 aromatic heterocycles. The van der Waals surface area contributed by atoms with Crippen LogP contribution >= 0.6 is 0 Å². The molecule has 0 radical (unpaired) electrons. The second-order valence-electron chi connectivity index (χ2n) is 5.62. The fraction of sp³-hybridized carbons (Fsp3) is 0.533. The lowest BCUT2D eigenvalue weighted by molar-refractivity contribution is 0.587. The minimum Gasteiger partial charge on any atom is -0.324 e. The van der Waals surface area contributed by atoms with Crippen molar-refractivity contribution >= 4 is 0 Å². The van der Waals surface area contributed by atoms with E-state index in [4.69, 9.17) is 11.0 Å². The molecule has 0 amide bonds. The molecular formula is C15H22N2. The van der Waals surface area contributed by atoms with Crippen molar-refractivity contribution in [2.75, 3.05) is 0 Å². The largest absolute Gasteiger partial charge is 0.324 e. The first-order valence-corrected chi connectivity index (χ1v) is 6.10. The molecule has 17 heavy (non-hydrogen) atoms. The quantitative estimate of drug-likeness (QED) is 0.862. The summed E-state index contributed by atoms with van der Waals surface area (Å²) in [6.07, 6.45) is 1.24. The van der Waals surface area contributed by atoms with Crippen LogP contribution in [0.4, 0.5) is 0 Å². The molecule has 0 spiro atoms. The van der Waals surface area contributed by atoms with Crippen molar-refractivity contribution in [2.45, 2.75) is 52.0 Å². The predicted octanol–water partition coefficient (Wildman–Crippen LogP) is 3.60. The smallest absolute Gasteiger partial charge is 0.0622 e. The number of aryl methyl sites for hydroxylation is 1. The first-order valence-electron chi connectivity index (χ1n) is 6.10. The monoisotopic (exact) mass is 230 g/mol. The van der Waals surface area contributed by atoms with E-state index in [1.807, 2.05) is 0 Å². The van der Waals surface area contributed by atoms with Crippen LogP contribution in [0.3, 0.4) is 0 Å². The third kappa shape index (κ3) is 3.57. The fourth-order valence-corrected chi connectivity index (χ4v) is 1.93. The highest BCUT2D eigenvalue weighted by Gasteiger charge is 2.16. The van der Waals surface area contributed by atoms with E-state index in [0.717, 1.165) is 12.0 Å². The molecule has 1 aromatic carbocycles. The molecule has 2 nitrogen and oxygen atoms in total. The first kappa shape index (κ1) is 13.7. The van der Waals surface area contributed by atoms with Gasteiger partial charge in [0, 0.05) is 12.5 Å². The van der Waals surface area contributed by atoms with Gasteiger partial charge in [-0.15, -0.1) is 0 Å². The van der Waals surface area contributed by atoms with Crippen molar-refractivity contribution in [3.63, 3.8) is 0 Å². The van der Waals surface area contributed by atoms with Crippen LogP contribution in [0, 0.1) is 18.3 Å². The highest BCUT2D eigenvalue weighted by atomic mass is 14.6. The maximum atomic E-state index is 8.58. The van der Waals surface area contributed by atoms with Crippen LogP contribution in [0.25, 0.3) is 0 Å². The number of rotatable bonds is 3. The van der Waals surface area contributed by atoms with Gasteiger partial charge < -0.3 is 5.73 Å².